The lowest BCUT2D eigenvalue weighted by Gasteiger charge is -2.27. The number of nitrogens with one attached hydrogen (secondary N) is 1. The van der Waals surface area contributed by atoms with E-state index in [1.165, 1.54) is 29.2 Å². The minimum absolute atomic E-state index is 0.0261. The molecule has 0 atom stereocenters. The summed E-state index contributed by atoms with van der Waals surface area (Å²) in [5.41, 5.74) is 0.551. The van der Waals surface area contributed by atoms with Gasteiger partial charge in [-0.25, -0.2) is 8.42 Å². The number of nitrogens with zero attached hydrogens (tertiary/aromatic N) is 1. The minimum atomic E-state index is -3.29. The molecule has 1 fully saturated rings. The Hall–Kier alpha value is -3.04. The molecule has 2 amide bonds. The SMILES string of the molecule is C=CCN1C(=O)C(=Cc2ccc(-c3ccc(S(C)(=O)=O)cc3)o2)C(=O)NC1=S. The quantitative estimate of drug-likeness (QED) is 0.347. The molecule has 1 aromatic carbocycles. The number of hydrogen-bond acceptors (Lipinski definition) is 6. The van der Waals surface area contributed by atoms with Gasteiger partial charge in [-0.15, -0.1) is 6.58 Å². The van der Waals surface area contributed by atoms with E-state index in [1.807, 2.05) is 0 Å². The van der Waals surface area contributed by atoms with Crippen LogP contribution in [-0.4, -0.2) is 43.0 Å². The number of benzene rings is 1. The number of sulfone groups is 1. The topological polar surface area (TPSA) is 96.7 Å². The lowest BCUT2D eigenvalue weighted by molar-refractivity contribution is -0.128. The van der Waals surface area contributed by atoms with Gasteiger partial charge in [-0.3, -0.25) is 19.8 Å². The van der Waals surface area contributed by atoms with Crippen molar-refractivity contribution in [2.24, 2.45) is 0 Å². The second kappa shape index (κ2) is 7.53. The van der Waals surface area contributed by atoms with Crippen molar-refractivity contribution >= 4 is 45.1 Å². The number of amides is 2. The van der Waals surface area contributed by atoms with E-state index in [2.05, 4.69) is 11.9 Å². The van der Waals surface area contributed by atoms with Crippen LogP contribution in [0.25, 0.3) is 17.4 Å². The van der Waals surface area contributed by atoms with Crippen molar-refractivity contribution in [3.63, 3.8) is 0 Å². The summed E-state index contributed by atoms with van der Waals surface area (Å²) in [5.74, 6) is -0.379. The second-order valence-corrected chi connectivity index (χ2v) is 8.42. The van der Waals surface area contributed by atoms with Gasteiger partial charge in [0, 0.05) is 18.4 Å². The van der Waals surface area contributed by atoms with Crippen LogP contribution in [-0.2, 0) is 19.4 Å². The molecular weight excluding hydrogens is 400 g/mol. The summed E-state index contributed by atoms with van der Waals surface area (Å²) >= 11 is 5.00. The molecule has 1 aromatic heterocycles. The van der Waals surface area contributed by atoms with Gasteiger partial charge in [-0.2, -0.15) is 0 Å². The predicted molar refractivity (Wildman–Crippen MR) is 108 cm³/mol. The molecule has 1 saturated heterocycles. The molecule has 0 aliphatic carbocycles. The van der Waals surface area contributed by atoms with Gasteiger partial charge in [0.1, 0.15) is 17.1 Å². The van der Waals surface area contributed by atoms with E-state index in [0.717, 1.165) is 6.26 Å². The van der Waals surface area contributed by atoms with Crippen LogP contribution in [0.3, 0.4) is 0 Å². The van der Waals surface area contributed by atoms with Crippen LogP contribution in [0, 0.1) is 0 Å². The Balaban J connectivity index is 1.89. The molecule has 7 nitrogen and oxygen atoms in total. The average molecular weight is 416 g/mol. The fourth-order valence-corrected chi connectivity index (χ4v) is 3.46. The maximum Gasteiger partial charge on any atom is 0.266 e. The van der Waals surface area contributed by atoms with Gasteiger partial charge >= 0.3 is 0 Å². The maximum atomic E-state index is 12.5. The Morgan fingerprint density at radius 3 is 2.46 bits per heavy atom. The number of thiocarbonyl (C=S) groups is 1. The predicted octanol–water partition coefficient (Wildman–Crippen LogP) is 2.16. The number of furan rings is 1. The van der Waals surface area contributed by atoms with E-state index in [-0.39, 0.29) is 22.1 Å². The Kier molecular flexibility index (Phi) is 5.30. The first-order valence-electron chi connectivity index (χ1n) is 8.11. The van der Waals surface area contributed by atoms with Crippen LogP contribution in [0.5, 0.6) is 0 Å². The lowest BCUT2D eigenvalue weighted by atomic mass is 10.1. The first-order chi connectivity index (χ1) is 13.2. The minimum Gasteiger partial charge on any atom is -0.457 e. The monoisotopic (exact) mass is 416 g/mol. The zero-order valence-corrected chi connectivity index (χ0v) is 16.5. The molecular formula is C19H16N2O5S2. The molecule has 144 valence electrons. The molecule has 0 radical (unpaired) electrons. The molecule has 3 rings (SSSR count). The first kappa shape index (κ1) is 19.7. The molecule has 0 bridgehead atoms. The van der Waals surface area contributed by atoms with E-state index < -0.39 is 21.7 Å². The van der Waals surface area contributed by atoms with Gasteiger partial charge in [0.25, 0.3) is 11.8 Å². The third kappa shape index (κ3) is 3.95. The molecule has 28 heavy (non-hydrogen) atoms. The molecule has 1 aliphatic heterocycles. The maximum absolute atomic E-state index is 12.5. The Morgan fingerprint density at radius 2 is 1.86 bits per heavy atom. The molecule has 1 N–H and O–H groups in total. The van der Waals surface area contributed by atoms with Crippen molar-refractivity contribution in [3.8, 4) is 11.3 Å². The van der Waals surface area contributed by atoms with Crippen molar-refractivity contribution < 1.29 is 22.4 Å². The summed E-state index contributed by atoms with van der Waals surface area (Å²) in [4.78, 5) is 26.1. The Labute approximate surface area is 167 Å². The van der Waals surface area contributed by atoms with Crippen LogP contribution >= 0.6 is 12.2 Å². The average Bonchev–Trinajstić information content (AvgIpc) is 3.10. The summed E-state index contributed by atoms with van der Waals surface area (Å²) in [6.45, 7) is 3.74. The van der Waals surface area contributed by atoms with Crippen molar-refractivity contribution in [2.75, 3.05) is 12.8 Å². The fraction of sp³-hybridized carbons (Fsp3) is 0.105. The summed E-state index contributed by atoms with van der Waals surface area (Å²) in [5, 5.41) is 2.48. The van der Waals surface area contributed by atoms with E-state index in [1.54, 1.807) is 24.3 Å². The third-order valence-corrected chi connectivity index (χ3v) is 5.43. The van der Waals surface area contributed by atoms with Gasteiger partial charge in [0.2, 0.25) is 0 Å². The van der Waals surface area contributed by atoms with Crippen molar-refractivity contribution in [1.82, 2.24) is 10.2 Å². The second-order valence-electron chi connectivity index (χ2n) is 6.02. The number of rotatable bonds is 5. The zero-order valence-electron chi connectivity index (χ0n) is 14.8. The fourth-order valence-electron chi connectivity index (χ4n) is 2.58. The standard InChI is InChI=1S/C19H16N2O5S2/c1-3-10-21-18(23)15(17(22)20-19(21)27)11-13-6-9-16(26-13)12-4-7-14(8-5-12)28(2,24)25/h3-9,11H,1,10H2,2H3,(H,20,22,27). The van der Waals surface area contributed by atoms with Crippen LogP contribution < -0.4 is 5.32 Å². The van der Waals surface area contributed by atoms with Gasteiger partial charge in [-0.05, 0) is 54.7 Å². The van der Waals surface area contributed by atoms with Crippen LogP contribution in [0.1, 0.15) is 5.76 Å². The van der Waals surface area contributed by atoms with Gasteiger partial charge in [0.15, 0.2) is 14.9 Å². The van der Waals surface area contributed by atoms with E-state index >= 15 is 0 Å². The van der Waals surface area contributed by atoms with Crippen molar-refractivity contribution in [2.45, 2.75) is 4.90 Å². The van der Waals surface area contributed by atoms with Crippen LogP contribution in [0.15, 0.2) is 63.9 Å². The summed E-state index contributed by atoms with van der Waals surface area (Å²) in [6, 6.07) is 9.48. The highest BCUT2D eigenvalue weighted by molar-refractivity contribution is 7.90. The van der Waals surface area contributed by atoms with E-state index in [0.29, 0.717) is 17.1 Å². The van der Waals surface area contributed by atoms with Gasteiger partial charge in [0.05, 0.1) is 4.90 Å². The molecule has 0 unspecified atom stereocenters. The number of carbonyl (C=O) groups excluding carboxylic acids is 2. The van der Waals surface area contributed by atoms with Crippen LogP contribution in [0.4, 0.5) is 0 Å². The normalized spacial score (nSPS) is 16.4. The Bertz CT molecular complexity index is 1110. The van der Waals surface area contributed by atoms with Crippen LogP contribution in [0.2, 0.25) is 0 Å². The van der Waals surface area contributed by atoms with E-state index in [9.17, 15) is 18.0 Å². The summed E-state index contributed by atoms with van der Waals surface area (Å²) in [7, 11) is -3.29. The third-order valence-electron chi connectivity index (χ3n) is 3.98. The van der Waals surface area contributed by atoms with Crippen molar-refractivity contribution in [3.05, 3.63) is 60.4 Å². The first-order valence-corrected chi connectivity index (χ1v) is 10.4. The van der Waals surface area contributed by atoms with Crippen molar-refractivity contribution in [1.29, 1.82) is 0 Å². The van der Waals surface area contributed by atoms with Gasteiger partial charge in [-0.1, -0.05) is 6.08 Å². The number of hydrogen-bond donors (Lipinski definition) is 1. The lowest BCUT2D eigenvalue weighted by Crippen LogP contribution is -2.53. The van der Waals surface area contributed by atoms with Gasteiger partial charge < -0.3 is 4.42 Å². The number of carbonyl (C=O) groups is 2. The van der Waals surface area contributed by atoms with E-state index in [4.69, 9.17) is 16.6 Å². The highest BCUT2D eigenvalue weighted by Crippen LogP contribution is 2.25. The summed E-state index contributed by atoms with van der Waals surface area (Å²) in [6.07, 6.45) is 3.97. The highest BCUT2D eigenvalue weighted by Gasteiger charge is 2.32. The largest absolute Gasteiger partial charge is 0.457 e. The Morgan fingerprint density at radius 1 is 1.18 bits per heavy atom. The molecule has 1 aliphatic rings. The molecule has 2 aromatic rings. The molecule has 9 heteroatoms. The highest BCUT2D eigenvalue weighted by atomic mass is 32.2. The molecule has 2 heterocycles. The summed E-state index contributed by atoms with van der Waals surface area (Å²) < 4.78 is 28.8. The molecule has 0 saturated carbocycles. The molecule has 0 spiro atoms. The zero-order chi connectivity index (χ0) is 20.5. The smallest absolute Gasteiger partial charge is 0.266 e.